The summed E-state index contributed by atoms with van der Waals surface area (Å²) < 4.78 is 38.0. The van der Waals surface area contributed by atoms with Gasteiger partial charge in [-0.15, -0.1) is 0 Å². The topological polar surface area (TPSA) is 29.1 Å². The summed E-state index contributed by atoms with van der Waals surface area (Å²) in [7, 11) is 18.1. The first-order valence-electron chi connectivity index (χ1n) is 7.61. The molecule has 1 amide bonds. The lowest BCUT2D eigenvalue weighted by Gasteiger charge is -2.19. The highest BCUT2D eigenvalue weighted by Gasteiger charge is 2.39. The van der Waals surface area contributed by atoms with E-state index in [2.05, 4.69) is 0 Å². The summed E-state index contributed by atoms with van der Waals surface area (Å²) in [5, 5.41) is 5.71. The summed E-state index contributed by atoms with van der Waals surface area (Å²) in [6, 6.07) is 9.81. The van der Waals surface area contributed by atoms with Gasteiger partial charge in [0.2, 0.25) is 0 Å². The Morgan fingerprint density at radius 1 is 0.769 bits per heavy atom. The maximum absolute atomic E-state index is 12.7. The number of nitrogens with one attached hydrogen (secondary N) is 1. The number of carbonyl (C=O) groups is 1. The Labute approximate surface area is 150 Å². The number of alkyl halides is 3. The van der Waals surface area contributed by atoms with Crippen molar-refractivity contribution >= 4 is 83.8 Å². The van der Waals surface area contributed by atoms with Gasteiger partial charge in [-0.3, -0.25) is 4.79 Å². The number of amides is 1. The van der Waals surface area contributed by atoms with Gasteiger partial charge in [0, 0.05) is 11.1 Å². The van der Waals surface area contributed by atoms with Crippen molar-refractivity contribution in [1.82, 2.24) is 0 Å². The third-order valence-electron chi connectivity index (χ3n) is 4.50. The first kappa shape index (κ1) is 16.8. The van der Waals surface area contributed by atoms with Crippen LogP contribution in [-0.2, 0) is 4.79 Å². The number of hydrogen-bond acceptors (Lipinski definition) is 1. The Hall–Kier alpha value is -2.63. The Morgan fingerprint density at radius 3 is 1.69 bits per heavy atom. The summed E-state index contributed by atoms with van der Waals surface area (Å²) in [6.07, 6.45) is -5.01. The fourth-order valence-corrected chi connectivity index (χ4v) is 3.37. The SMILES string of the molecule is [B]c1cc([B])c2ccc3c(NC(=O)C(F)(F)F)cc([B])c4ccc1c2c43. The van der Waals surface area contributed by atoms with Gasteiger partial charge in [0.25, 0.3) is 0 Å². The van der Waals surface area contributed by atoms with Gasteiger partial charge in [0.15, 0.2) is 0 Å². The molecular formula is C18H7B3F3NO. The number of rotatable bonds is 1. The first-order valence-corrected chi connectivity index (χ1v) is 7.61. The van der Waals surface area contributed by atoms with Crippen molar-refractivity contribution in [2.24, 2.45) is 0 Å². The van der Waals surface area contributed by atoms with E-state index in [1.165, 1.54) is 6.07 Å². The molecule has 0 spiro atoms. The van der Waals surface area contributed by atoms with Gasteiger partial charge in [-0.25, -0.2) is 0 Å². The van der Waals surface area contributed by atoms with E-state index in [0.717, 1.165) is 0 Å². The van der Waals surface area contributed by atoms with Crippen LogP contribution in [-0.4, -0.2) is 35.6 Å². The normalized spacial score (nSPS) is 12.3. The molecule has 0 heterocycles. The molecule has 0 atom stereocenters. The summed E-state index contributed by atoms with van der Waals surface area (Å²) in [5.74, 6) is -2.06. The highest BCUT2D eigenvalue weighted by molar-refractivity contribution is 6.51. The molecule has 8 heteroatoms. The van der Waals surface area contributed by atoms with Crippen LogP contribution in [0, 0.1) is 0 Å². The molecule has 26 heavy (non-hydrogen) atoms. The Morgan fingerprint density at radius 2 is 1.19 bits per heavy atom. The van der Waals surface area contributed by atoms with Crippen LogP contribution in [0.4, 0.5) is 18.9 Å². The van der Waals surface area contributed by atoms with Crippen LogP contribution in [0.2, 0.25) is 0 Å². The second kappa shape index (κ2) is 5.43. The number of hydrogen-bond donors (Lipinski definition) is 1. The molecule has 0 unspecified atom stereocenters. The van der Waals surface area contributed by atoms with Gasteiger partial charge in [0.05, 0.1) is 0 Å². The largest absolute Gasteiger partial charge is 0.471 e. The Balaban J connectivity index is 2.12. The van der Waals surface area contributed by atoms with Gasteiger partial charge < -0.3 is 5.32 Å². The Kier molecular flexibility index (Phi) is 3.52. The standard InChI is InChI=1S/C18H7B3F3NO/c19-11-5-12(20)8-3-4-10-14(25-17(26)18(22,23)24)6-13(21)9-2-1-7(11)15(8)16(9)10/h1-6H,(H,25,26). The predicted molar refractivity (Wildman–Crippen MR) is 101 cm³/mol. The smallest absolute Gasteiger partial charge is 0.318 e. The van der Waals surface area contributed by atoms with Gasteiger partial charge in [-0.1, -0.05) is 46.7 Å². The molecule has 2 nitrogen and oxygen atoms in total. The average Bonchev–Trinajstić information content (AvgIpc) is 2.56. The van der Waals surface area contributed by atoms with Crippen LogP contribution in [0.5, 0.6) is 0 Å². The summed E-state index contributed by atoms with van der Waals surface area (Å²) >= 11 is 0. The highest BCUT2D eigenvalue weighted by atomic mass is 19.4. The summed E-state index contributed by atoms with van der Waals surface area (Å²) in [4.78, 5) is 11.4. The van der Waals surface area contributed by atoms with Crippen molar-refractivity contribution in [3.63, 3.8) is 0 Å². The zero-order valence-electron chi connectivity index (χ0n) is 13.2. The van der Waals surface area contributed by atoms with E-state index in [1.54, 1.807) is 30.3 Å². The molecule has 0 saturated carbocycles. The van der Waals surface area contributed by atoms with Crippen LogP contribution in [0.3, 0.4) is 0 Å². The number of anilines is 1. The van der Waals surface area contributed by atoms with Gasteiger partial charge in [0.1, 0.15) is 23.5 Å². The van der Waals surface area contributed by atoms with Crippen molar-refractivity contribution < 1.29 is 18.0 Å². The molecule has 0 aliphatic carbocycles. The second-order valence-electron chi connectivity index (χ2n) is 6.09. The third kappa shape index (κ3) is 2.36. The van der Waals surface area contributed by atoms with E-state index in [-0.39, 0.29) is 11.2 Å². The van der Waals surface area contributed by atoms with Crippen molar-refractivity contribution in [3.05, 3.63) is 36.4 Å². The average molecular weight is 343 g/mol. The highest BCUT2D eigenvalue weighted by Crippen LogP contribution is 2.36. The van der Waals surface area contributed by atoms with Gasteiger partial charge >= 0.3 is 12.1 Å². The van der Waals surface area contributed by atoms with Crippen molar-refractivity contribution in [2.45, 2.75) is 6.18 Å². The summed E-state index contributed by atoms with van der Waals surface area (Å²) in [6.45, 7) is 0. The summed E-state index contributed by atoms with van der Waals surface area (Å²) in [5.41, 5.74) is 1.12. The minimum Gasteiger partial charge on any atom is -0.318 e. The lowest BCUT2D eigenvalue weighted by Crippen LogP contribution is -2.30. The lowest BCUT2D eigenvalue weighted by atomic mass is 9.77. The van der Waals surface area contributed by atoms with Crippen LogP contribution >= 0.6 is 0 Å². The van der Waals surface area contributed by atoms with E-state index < -0.39 is 12.1 Å². The van der Waals surface area contributed by atoms with Crippen LogP contribution in [0.15, 0.2) is 36.4 Å². The van der Waals surface area contributed by atoms with Crippen LogP contribution < -0.4 is 21.7 Å². The molecule has 4 rings (SSSR count). The predicted octanol–water partition coefficient (Wildman–Crippen LogP) is 1.47. The molecule has 0 saturated heterocycles. The van der Waals surface area contributed by atoms with Crippen molar-refractivity contribution in [1.29, 1.82) is 0 Å². The van der Waals surface area contributed by atoms with Crippen LogP contribution in [0.25, 0.3) is 32.3 Å². The van der Waals surface area contributed by atoms with Gasteiger partial charge in [-0.05, 0) is 33.0 Å². The molecule has 6 radical (unpaired) electrons. The maximum Gasteiger partial charge on any atom is 0.471 e. The quantitative estimate of drug-likeness (QED) is 0.412. The monoisotopic (exact) mass is 343 g/mol. The van der Waals surface area contributed by atoms with E-state index in [4.69, 9.17) is 23.5 Å². The lowest BCUT2D eigenvalue weighted by molar-refractivity contribution is -0.167. The molecule has 0 aliphatic rings. The van der Waals surface area contributed by atoms with E-state index in [9.17, 15) is 18.0 Å². The molecule has 0 bridgehead atoms. The molecule has 1 N–H and O–H groups in total. The second-order valence-corrected chi connectivity index (χ2v) is 6.09. The molecule has 0 aliphatic heterocycles. The molecule has 4 aromatic rings. The zero-order valence-corrected chi connectivity index (χ0v) is 13.2. The first-order chi connectivity index (χ1) is 12.2. The third-order valence-corrected chi connectivity index (χ3v) is 4.50. The Bertz CT molecular complexity index is 1180. The van der Waals surface area contributed by atoms with E-state index >= 15 is 0 Å². The van der Waals surface area contributed by atoms with E-state index in [1.807, 2.05) is 5.32 Å². The van der Waals surface area contributed by atoms with Crippen LogP contribution in [0.1, 0.15) is 0 Å². The minimum atomic E-state index is -5.01. The molecular weight excluding hydrogens is 336 g/mol. The number of carbonyl (C=O) groups excluding carboxylic acids is 1. The zero-order chi connectivity index (χ0) is 18.8. The van der Waals surface area contributed by atoms with Crippen molar-refractivity contribution in [3.8, 4) is 0 Å². The number of benzene rings is 4. The fraction of sp³-hybridized carbons (Fsp3) is 0.0556. The molecule has 0 fully saturated rings. The minimum absolute atomic E-state index is 0.0206. The molecule has 0 aromatic heterocycles. The fourth-order valence-electron chi connectivity index (χ4n) is 3.37. The van der Waals surface area contributed by atoms with Crippen molar-refractivity contribution in [2.75, 3.05) is 5.32 Å². The molecule has 120 valence electrons. The van der Waals surface area contributed by atoms with E-state index in [0.29, 0.717) is 43.2 Å². The molecule has 4 aromatic carbocycles. The van der Waals surface area contributed by atoms with Gasteiger partial charge in [-0.2, -0.15) is 13.2 Å². The number of halogens is 3. The maximum atomic E-state index is 12.7.